The fourth-order valence-electron chi connectivity index (χ4n) is 2.60. The first-order chi connectivity index (χ1) is 12.0. The average molecular weight is 361 g/mol. The zero-order chi connectivity index (χ0) is 18.1. The molecule has 0 amide bonds. The minimum atomic E-state index is -0.480. The minimum absolute atomic E-state index is 0.116. The fourth-order valence-corrected chi connectivity index (χ4v) is 3.54. The Balaban J connectivity index is 2.16. The van der Waals surface area contributed by atoms with Crippen LogP contribution in [-0.2, 0) is 4.74 Å². The topological polar surface area (TPSA) is 68.7 Å². The Morgan fingerprint density at radius 2 is 2.12 bits per heavy atom. The number of thiazole rings is 1. The Hall–Kier alpha value is -2.67. The lowest BCUT2D eigenvalue weighted by molar-refractivity contribution is 0.0531. The van der Waals surface area contributed by atoms with Crippen molar-refractivity contribution in [1.29, 1.82) is 0 Å². The van der Waals surface area contributed by atoms with Crippen molar-refractivity contribution in [2.45, 2.75) is 13.8 Å². The number of aromatic nitrogens is 1. The second kappa shape index (κ2) is 6.68. The number of methoxy groups -OCH3 is 1. The Bertz CT molecular complexity index is 967. The number of phenols is 1. The molecule has 0 aliphatic heterocycles. The lowest BCUT2D eigenvalue weighted by Gasteiger charge is -2.09. The molecule has 1 N–H and O–H groups in total. The fraction of sp³-hybridized carbons (Fsp3) is 0.222. The molecule has 0 saturated carbocycles. The summed E-state index contributed by atoms with van der Waals surface area (Å²) in [5.41, 5.74) is 1.05. The maximum atomic E-state index is 14.2. The van der Waals surface area contributed by atoms with Gasteiger partial charge in [0.25, 0.3) is 0 Å². The number of halogens is 1. The zero-order valence-electron chi connectivity index (χ0n) is 13.9. The number of carbonyl (C=O) groups is 1. The van der Waals surface area contributed by atoms with Gasteiger partial charge in [0.05, 0.1) is 24.8 Å². The van der Waals surface area contributed by atoms with Gasteiger partial charge in [-0.15, -0.1) is 11.3 Å². The van der Waals surface area contributed by atoms with Gasteiger partial charge in [-0.25, -0.2) is 14.2 Å². The Morgan fingerprint density at radius 1 is 1.36 bits per heavy atom. The molecule has 1 heterocycles. The van der Waals surface area contributed by atoms with E-state index in [4.69, 9.17) is 9.47 Å². The Labute approximate surface area is 147 Å². The van der Waals surface area contributed by atoms with Gasteiger partial charge in [0.2, 0.25) is 0 Å². The van der Waals surface area contributed by atoms with Crippen molar-refractivity contribution >= 4 is 28.1 Å². The molecule has 0 aliphatic carbocycles. The van der Waals surface area contributed by atoms with Crippen molar-refractivity contribution in [3.63, 3.8) is 0 Å². The zero-order valence-corrected chi connectivity index (χ0v) is 14.7. The number of esters is 1. The number of aromatic hydroxyl groups is 1. The molecule has 130 valence electrons. The maximum Gasteiger partial charge on any atom is 0.350 e. The molecule has 1 aromatic heterocycles. The first-order valence-electron chi connectivity index (χ1n) is 7.60. The third-order valence-corrected chi connectivity index (χ3v) is 4.91. The first-order valence-corrected chi connectivity index (χ1v) is 8.42. The van der Waals surface area contributed by atoms with Gasteiger partial charge in [-0.3, -0.25) is 0 Å². The molecule has 0 bridgehead atoms. The minimum Gasteiger partial charge on any atom is -0.507 e. The van der Waals surface area contributed by atoms with Gasteiger partial charge < -0.3 is 14.6 Å². The van der Waals surface area contributed by atoms with Crippen LogP contribution in [0.15, 0.2) is 24.3 Å². The van der Waals surface area contributed by atoms with Crippen molar-refractivity contribution in [3.8, 4) is 22.1 Å². The van der Waals surface area contributed by atoms with E-state index >= 15 is 0 Å². The normalized spacial score (nSPS) is 10.9. The second-order valence-corrected chi connectivity index (χ2v) is 6.32. The van der Waals surface area contributed by atoms with Crippen LogP contribution in [0.2, 0.25) is 0 Å². The van der Waals surface area contributed by atoms with Crippen molar-refractivity contribution in [1.82, 2.24) is 4.98 Å². The molecule has 0 spiro atoms. The average Bonchev–Trinajstić information content (AvgIpc) is 2.98. The monoisotopic (exact) mass is 361 g/mol. The summed E-state index contributed by atoms with van der Waals surface area (Å²) >= 11 is 1.14. The van der Waals surface area contributed by atoms with E-state index in [1.807, 2.05) is 0 Å². The number of hydrogen-bond acceptors (Lipinski definition) is 6. The first kappa shape index (κ1) is 17.2. The van der Waals surface area contributed by atoms with Gasteiger partial charge >= 0.3 is 5.97 Å². The van der Waals surface area contributed by atoms with E-state index in [1.165, 1.54) is 25.3 Å². The molecule has 0 atom stereocenters. The van der Waals surface area contributed by atoms with Gasteiger partial charge in [-0.05, 0) is 38.1 Å². The largest absolute Gasteiger partial charge is 0.507 e. The molecule has 3 rings (SSSR count). The summed E-state index contributed by atoms with van der Waals surface area (Å²) in [5.74, 6) is -0.661. The number of hydrogen-bond donors (Lipinski definition) is 1. The summed E-state index contributed by atoms with van der Waals surface area (Å²) in [6, 6.07) is 5.81. The molecular formula is C18H16FNO4S. The van der Waals surface area contributed by atoms with Crippen LogP contribution in [0, 0.1) is 12.7 Å². The molecule has 0 saturated heterocycles. The Morgan fingerprint density at radius 3 is 2.80 bits per heavy atom. The van der Waals surface area contributed by atoms with Gasteiger partial charge in [0, 0.05) is 10.9 Å². The maximum absolute atomic E-state index is 14.2. The number of fused-ring (bicyclic) bond motifs is 1. The highest BCUT2D eigenvalue weighted by Crippen LogP contribution is 2.39. The van der Waals surface area contributed by atoms with Crippen LogP contribution in [0.1, 0.15) is 22.3 Å². The van der Waals surface area contributed by atoms with Crippen LogP contribution in [0.25, 0.3) is 21.3 Å². The van der Waals surface area contributed by atoms with Crippen LogP contribution in [0.4, 0.5) is 4.39 Å². The smallest absolute Gasteiger partial charge is 0.350 e. The predicted molar refractivity (Wildman–Crippen MR) is 93.9 cm³/mol. The summed E-state index contributed by atoms with van der Waals surface area (Å²) in [5, 5.41) is 11.4. The molecule has 0 radical (unpaired) electrons. The van der Waals surface area contributed by atoms with E-state index in [9.17, 15) is 14.3 Å². The number of rotatable bonds is 4. The lowest BCUT2D eigenvalue weighted by Crippen LogP contribution is -2.03. The highest BCUT2D eigenvalue weighted by atomic mass is 32.1. The van der Waals surface area contributed by atoms with Gasteiger partial charge in [-0.1, -0.05) is 0 Å². The van der Waals surface area contributed by atoms with Crippen LogP contribution in [0.5, 0.6) is 11.5 Å². The summed E-state index contributed by atoms with van der Waals surface area (Å²) < 4.78 is 24.4. The number of carbonyl (C=O) groups excluding carboxylic acids is 1. The molecular weight excluding hydrogens is 345 g/mol. The van der Waals surface area contributed by atoms with Crippen LogP contribution < -0.4 is 4.74 Å². The van der Waals surface area contributed by atoms with Crippen molar-refractivity contribution in [3.05, 3.63) is 40.7 Å². The third-order valence-electron chi connectivity index (χ3n) is 3.73. The standard InChI is InChI=1S/C18H16FNO4S/c1-4-24-18(22)16-9(2)20-17(25-16)10-7-11-12(19)5-6-14(23-3)15(11)13(21)8-10/h5-8,21H,4H2,1-3H3. The second-order valence-electron chi connectivity index (χ2n) is 5.32. The van der Waals surface area contributed by atoms with E-state index in [0.29, 0.717) is 32.3 Å². The molecule has 2 aromatic carbocycles. The SMILES string of the molecule is CCOC(=O)c1sc(-c2cc(O)c3c(OC)ccc(F)c3c2)nc1C. The number of ether oxygens (including phenoxy) is 2. The summed E-state index contributed by atoms with van der Waals surface area (Å²) in [6.45, 7) is 3.71. The van der Waals surface area contributed by atoms with E-state index in [-0.39, 0.29) is 17.7 Å². The Kier molecular flexibility index (Phi) is 4.59. The van der Waals surface area contributed by atoms with E-state index < -0.39 is 11.8 Å². The van der Waals surface area contributed by atoms with Gasteiger partial charge in [0.1, 0.15) is 27.2 Å². The summed E-state index contributed by atoms with van der Waals surface area (Å²) in [7, 11) is 1.45. The van der Waals surface area contributed by atoms with Crippen molar-refractivity contribution in [2.24, 2.45) is 0 Å². The quantitative estimate of drug-likeness (QED) is 0.702. The number of nitrogens with zero attached hydrogens (tertiary/aromatic N) is 1. The van der Waals surface area contributed by atoms with E-state index in [2.05, 4.69) is 4.98 Å². The van der Waals surface area contributed by atoms with Crippen molar-refractivity contribution < 1.29 is 23.8 Å². The molecule has 0 unspecified atom stereocenters. The van der Waals surface area contributed by atoms with Crippen LogP contribution in [-0.4, -0.2) is 29.8 Å². The number of aryl methyl sites for hydroxylation is 1. The molecule has 5 nitrogen and oxygen atoms in total. The number of benzene rings is 2. The highest BCUT2D eigenvalue weighted by molar-refractivity contribution is 7.17. The molecule has 25 heavy (non-hydrogen) atoms. The predicted octanol–water partition coefficient (Wildman–Crippen LogP) is 4.30. The third kappa shape index (κ3) is 3.02. The van der Waals surface area contributed by atoms with Crippen LogP contribution in [0.3, 0.4) is 0 Å². The van der Waals surface area contributed by atoms with Crippen molar-refractivity contribution in [2.75, 3.05) is 13.7 Å². The van der Waals surface area contributed by atoms with Crippen LogP contribution >= 0.6 is 11.3 Å². The molecule has 3 aromatic rings. The van der Waals surface area contributed by atoms with E-state index in [0.717, 1.165) is 11.3 Å². The number of phenolic OH excluding ortho intramolecular Hbond substituents is 1. The summed E-state index contributed by atoms with van der Waals surface area (Å²) in [6.07, 6.45) is 0. The van der Waals surface area contributed by atoms with E-state index in [1.54, 1.807) is 19.9 Å². The van der Waals surface area contributed by atoms with Gasteiger partial charge in [0.15, 0.2) is 0 Å². The lowest BCUT2D eigenvalue weighted by atomic mass is 10.0. The van der Waals surface area contributed by atoms with Gasteiger partial charge in [-0.2, -0.15) is 0 Å². The molecule has 0 fully saturated rings. The molecule has 7 heteroatoms. The molecule has 0 aliphatic rings. The highest BCUT2D eigenvalue weighted by Gasteiger charge is 2.19. The summed E-state index contributed by atoms with van der Waals surface area (Å²) in [4.78, 5) is 16.7.